The largest absolute Gasteiger partial charge is 0.418 e. The fraction of sp³-hybridized carbons (Fsp3) is 0.360. The maximum atomic E-state index is 8.02. The average molecular weight is 457 g/mol. The van der Waals surface area contributed by atoms with E-state index >= 15 is 0 Å². The Bertz CT molecular complexity index is 1330. The summed E-state index contributed by atoms with van der Waals surface area (Å²) >= 11 is 0. The quantitative estimate of drug-likeness (QED) is 0.295. The van der Waals surface area contributed by atoms with Crippen LogP contribution in [0.2, 0.25) is 0 Å². The predicted molar refractivity (Wildman–Crippen MR) is 132 cm³/mol. The van der Waals surface area contributed by atoms with Crippen molar-refractivity contribution in [3.8, 4) is 11.7 Å². The zero-order valence-corrected chi connectivity index (χ0v) is 19.5. The number of hydrogen-bond donors (Lipinski definition) is 3. The van der Waals surface area contributed by atoms with Crippen molar-refractivity contribution < 1.29 is 4.42 Å². The van der Waals surface area contributed by atoms with Crippen LogP contribution < -0.4 is 10.6 Å². The molecule has 1 aliphatic carbocycles. The molecule has 3 aromatic heterocycles. The summed E-state index contributed by atoms with van der Waals surface area (Å²) in [6.07, 6.45) is 6.37. The molecule has 3 heterocycles. The van der Waals surface area contributed by atoms with E-state index in [0.717, 1.165) is 35.7 Å². The lowest BCUT2D eigenvalue weighted by molar-refractivity contribution is 0.528. The molecule has 9 nitrogen and oxygen atoms in total. The highest BCUT2D eigenvalue weighted by atomic mass is 16.4. The minimum atomic E-state index is 0.0281. The first kappa shape index (κ1) is 21.9. The fourth-order valence-electron chi connectivity index (χ4n) is 3.97. The van der Waals surface area contributed by atoms with Gasteiger partial charge in [-0.3, -0.25) is 4.98 Å². The molecule has 0 saturated heterocycles. The SMILES string of the molecule is CCC(C)Nc1c(C=N)nc(-c2nnc(C)o2)nc1N[C@@H](c1cnc2ccccc2c1)C1CC1. The zero-order valence-electron chi connectivity index (χ0n) is 19.5. The van der Waals surface area contributed by atoms with Crippen LogP contribution in [0.3, 0.4) is 0 Å². The molecular formula is C25H28N8O. The second kappa shape index (κ2) is 9.17. The second-order valence-electron chi connectivity index (χ2n) is 8.80. The van der Waals surface area contributed by atoms with Crippen molar-refractivity contribution in [3.05, 3.63) is 53.7 Å². The molecule has 1 fully saturated rings. The highest BCUT2D eigenvalue weighted by Gasteiger charge is 2.34. The van der Waals surface area contributed by atoms with Crippen LogP contribution in [0.25, 0.3) is 22.6 Å². The number of rotatable bonds is 9. The van der Waals surface area contributed by atoms with Crippen molar-refractivity contribution in [1.29, 1.82) is 5.41 Å². The van der Waals surface area contributed by atoms with Crippen molar-refractivity contribution >= 4 is 28.6 Å². The molecule has 0 bridgehead atoms. The zero-order chi connectivity index (χ0) is 23.7. The van der Waals surface area contributed by atoms with Gasteiger partial charge in [-0.15, -0.1) is 10.2 Å². The smallest absolute Gasteiger partial charge is 0.285 e. The van der Waals surface area contributed by atoms with Gasteiger partial charge in [0.15, 0.2) is 5.82 Å². The molecular weight excluding hydrogens is 428 g/mol. The van der Waals surface area contributed by atoms with Gasteiger partial charge in [-0.1, -0.05) is 25.1 Å². The highest BCUT2D eigenvalue weighted by Crippen LogP contribution is 2.44. The van der Waals surface area contributed by atoms with E-state index in [1.807, 2.05) is 24.4 Å². The van der Waals surface area contributed by atoms with Crippen LogP contribution in [-0.4, -0.2) is 37.4 Å². The summed E-state index contributed by atoms with van der Waals surface area (Å²) < 4.78 is 5.58. The van der Waals surface area contributed by atoms with E-state index in [0.29, 0.717) is 34.8 Å². The van der Waals surface area contributed by atoms with Crippen LogP contribution in [-0.2, 0) is 0 Å². The Morgan fingerprint density at radius 3 is 2.71 bits per heavy atom. The van der Waals surface area contributed by atoms with Gasteiger partial charge in [0, 0.05) is 30.8 Å². The second-order valence-corrected chi connectivity index (χ2v) is 8.80. The van der Waals surface area contributed by atoms with Gasteiger partial charge in [-0.25, -0.2) is 9.97 Å². The molecule has 1 aromatic carbocycles. The molecule has 3 N–H and O–H groups in total. The maximum absolute atomic E-state index is 8.02. The van der Waals surface area contributed by atoms with E-state index in [1.165, 1.54) is 6.21 Å². The van der Waals surface area contributed by atoms with E-state index in [4.69, 9.17) is 14.8 Å². The van der Waals surface area contributed by atoms with Crippen LogP contribution >= 0.6 is 0 Å². The van der Waals surface area contributed by atoms with Gasteiger partial charge in [-0.05, 0) is 49.8 Å². The number of aromatic nitrogens is 5. The summed E-state index contributed by atoms with van der Waals surface area (Å²) in [7, 11) is 0. The van der Waals surface area contributed by atoms with Gasteiger partial charge >= 0.3 is 0 Å². The number of nitrogens with zero attached hydrogens (tertiary/aromatic N) is 5. The van der Waals surface area contributed by atoms with Gasteiger partial charge in [0.05, 0.1) is 11.6 Å². The summed E-state index contributed by atoms with van der Waals surface area (Å²) in [4.78, 5) is 14.0. The first-order valence-corrected chi connectivity index (χ1v) is 11.7. The van der Waals surface area contributed by atoms with Crippen molar-refractivity contribution in [3.63, 3.8) is 0 Å². The van der Waals surface area contributed by atoms with Gasteiger partial charge in [0.2, 0.25) is 11.7 Å². The molecule has 34 heavy (non-hydrogen) atoms. The molecule has 0 spiro atoms. The molecule has 2 atom stereocenters. The van der Waals surface area contributed by atoms with Crippen molar-refractivity contribution in [2.75, 3.05) is 10.6 Å². The monoisotopic (exact) mass is 456 g/mol. The van der Waals surface area contributed by atoms with Crippen molar-refractivity contribution in [2.45, 2.75) is 52.1 Å². The molecule has 0 aliphatic heterocycles. The van der Waals surface area contributed by atoms with Gasteiger partial charge in [0.1, 0.15) is 11.4 Å². The lowest BCUT2D eigenvalue weighted by atomic mass is 10.0. The van der Waals surface area contributed by atoms with Crippen molar-refractivity contribution in [2.24, 2.45) is 5.92 Å². The van der Waals surface area contributed by atoms with Crippen molar-refractivity contribution in [1.82, 2.24) is 25.1 Å². The van der Waals surface area contributed by atoms with Crippen LogP contribution in [0.4, 0.5) is 11.5 Å². The lowest BCUT2D eigenvalue weighted by Gasteiger charge is -2.24. The topological polar surface area (TPSA) is 126 Å². The Morgan fingerprint density at radius 2 is 2.00 bits per heavy atom. The number of para-hydroxylation sites is 1. The molecule has 0 amide bonds. The summed E-state index contributed by atoms with van der Waals surface area (Å²) in [6.45, 7) is 5.93. The predicted octanol–water partition coefficient (Wildman–Crippen LogP) is 5.15. The summed E-state index contributed by atoms with van der Waals surface area (Å²) in [5.41, 5.74) is 3.25. The first-order chi connectivity index (χ1) is 16.6. The van der Waals surface area contributed by atoms with Crippen LogP contribution in [0.15, 0.2) is 40.9 Å². The minimum absolute atomic E-state index is 0.0281. The normalized spacial score (nSPS) is 15.1. The molecule has 5 rings (SSSR count). The molecule has 174 valence electrons. The molecule has 1 aliphatic rings. The lowest BCUT2D eigenvalue weighted by Crippen LogP contribution is -2.21. The average Bonchev–Trinajstić information content (AvgIpc) is 3.61. The Morgan fingerprint density at radius 1 is 1.18 bits per heavy atom. The third-order valence-corrected chi connectivity index (χ3v) is 6.15. The van der Waals surface area contributed by atoms with E-state index in [2.05, 4.69) is 56.8 Å². The number of pyridine rings is 1. The molecule has 1 unspecified atom stereocenters. The highest BCUT2D eigenvalue weighted by molar-refractivity contribution is 5.89. The van der Waals surface area contributed by atoms with E-state index in [-0.39, 0.29) is 18.0 Å². The van der Waals surface area contributed by atoms with Crippen LogP contribution in [0.1, 0.15) is 56.3 Å². The number of benzene rings is 1. The number of nitrogens with one attached hydrogen (secondary N) is 3. The van der Waals surface area contributed by atoms with Crippen LogP contribution in [0.5, 0.6) is 0 Å². The maximum Gasteiger partial charge on any atom is 0.285 e. The fourth-order valence-corrected chi connectivity index (χ4v) is 3.97. The van der Waals surface area contributed by atoms with Gasteiger partial charge in [0.25, 0.3) is 5.89 Å². The minimum Gasteiger partial charge on any atom is -0.418 e. The molecule has 4 aromatic rings. The standard InChI is InChI=1S/C25H28N8O/c1-4-14(2)28-22-20(12-26)29-24(25-33-32-15(3)34-25)31-23(22)30-21(16-9-10-16)18-11-17-7-5-6-8-19(17)27-13-18/h5-8,11-14,16,21,26,28H,4,9-10H2,1-3H3,(H,29,30,31)/t14?,21-/m1/s1. The third-order valence-electron chi connectivity index (χ3n) is 6.15. The first-order valence-electron chi connectivity index (χ1n) is 11.7. The summed E-state index contributed by atoms with van der Waals surface area (Å²) in [5.74, 6) is 2.05. The number of fused-ring (bicyclic) bond motifs is 1. The number of anilines is 2. The van der Waals surface area contributed by atoms with Crippen LogP contribution in [0, 0.1) is 18.3 Å². The number of hydrogen-bond acceptors (Lipinski definition) is 9. The molecule has 1 saturated carbocycles. The Labute approximate surface area is 198 Å². The van der Waals surface area contributed by atoms with E-state index in [9.17, 15) is 0 Å². The Kier molecular flexibility index (Phi) is 5.91. The third kappa shape index (κ3) is 4.46. The summed E-state index contributed by atoms with van der Waals surface area (Å²) in [5, 5.41) is 24.3. The molecule has 9 heteroatoms. The molecule has 0 radical (unpaired) electrons. The number of aryl methyl sites for hydroxylation is 1. The Hall–Kier alpha value is -3.88. The summed E-state index contributed by atoms with van der Waals surface area (Å²) in [6, 6.07) is 10.5. The van der Waals surface area contributed by atoms with E-state index < -0.39 is 0 Å². The Balaban J connectivity index is 1.59. The van der Waals surface area contributed by atoms with Gasteiger partial charge < -0.3 is 20.5 Å². The van der Waals surface area contributed by atoms with Gasteiger partial charge in [-0.2, -0.15) is 0 Å². The van der Waals surface area contributed by atoms with E-state index in [1.54, 1.807) is 6.92 Å².